The predicted octanol–water partition coefficient (Wildman–Crippen LogP) is 4.70. The van der Waals surface area contributed by atoms with Crippen LogP contribution in [0.3, 0.4) is 0 Å². The summed E-state index contributed by atoms with van der Waals surface area (Å²) >= 11 is 3.36. The van der Waals surface area contributed by atoms with Crippen molar-refractivity contribution in [2.45, 2.75) is 6.54 Å². The summed E-state index contributed by atoms with van der Waals surface area (Å²) in [4.78, 5) is 38.5. The van der Waals surface area contributed by atoms with Crippen molar-refractivity contribution in [3.63, 3.8) is 0 Å². The van der Waals surface area contributed by atoms with Crippen LogP contribution in [0.1, 0.15) is 11.1 Å². The Morgan fingerprint density at radius 2 is 1.74 bits per heavy atom. The summed E-state index contributed by atoms with van der Waals surface area (Å²) in [5.41, 5.74) is 1.87. The molecule has 1 fully saturated rings. The van der Waals surface area contributed by atoms with Gasteiger partial charge in [0.2, 0.25) is 0 Å². The second kappa shape index (κ2) is 10.3. The van der Waals surface area contributed by atoms with Gasteiger partial charge in [-0.25, -0.2) is 9.18 Å². The second-order valence-electron chi connectivity index (χ2n) is 7.39. The maximum Gasteiger partial charge on any atom is 0.329 e. The molecule has 0 bridgehead atoms. The molecule has 0 radical (unpaired) electrons. The number of benzene rings is 3. The fraction of sp³-hybridized carbons (Fsp3) is 0.0800. The van der Waals surface area contributed by atoms with Gasteiger partial charge >= 0.3 is 6.03 Å². The molecule has 7 nitrogen and oxygen atoms in total. The summed E-state index contributed by atoms with van der Waals surface area (Å²) in [7, 11) is 0. The van der Waals surface area contributed by atoms with Crippen LogP contribution in [0.25, 0.3) is 6.08 Å². The molecule has 4 rings (SSSR count). The molecule has 0 spiro atoms. The van der Waals surface area contributed by atoms with E-state index >= 15 is 0 Å². The van der Waals surface area contributed by atoms with Crippen molar-refractivity contribution >= 4 is 45.5 Å². The second-order valence-corrected chi connectivity index (χ2v) is 8.30. The molecule has 9 heteroatoms. The van der Waals surface area contributed by atoms with Crippen LogP contribution < -0.4 is 15.4 Å². The van der Waals surface area contributed by atoms with E-state index in [0.29, 0.717) is 17.0 Å². The lowest BCUT2D eigenvalue weighted by Gasteiger charge is -2.12. The van der Waals surface area contributed by atoms with Crippen LogP contribution in [0.2, 0.25) is 0 Å². The topological polar surface area (TPSA) is 87.7 Å². The number of carbonyl (C=O) groups is 3. The molecule has 4 amide bonds. The number of nitrogens with one attached hydrogen (secondary N) is 2. The zero-order valence-corrected chi connectivity index (χ0v) is 19.3. The molecule has 34 heavy (non-hydrogen) atoms. The minimum Gasteiger partial charge on any atom is -0.483 e. The quantitative estimate of drug-likeness (QED) is 0.347. The molecule has 1 aliphatic heterocycles. The molecular weight excluding hydrogens is 505 g/mol. The maximum absolute atomic E-state index is 13.0. The molecule has 3 aromatic carbocycles. The normalized spacial score (nSPS) is 14.3. The van der Waals surface area contributed by atoms with E-state index in [-0.39, 0.29) is 18.8 Å². The number of hydrogen-bond donors (Lipinski definition) is 2. The summed E-state index contributed by atoms with van der Waals surface area (Å²) in [5.74, 6) is -0.936. The Kier molecular flexibility index (Phi) is 7.03. The van der Waals surface area contributed by atoms with Crippen LogP contribution in [0.4, 0.5) is 14.9 Å². The third-order valence-electron chi connectivity index (χ3n) is 4.92. The van der Waals surface area contributed by atoms with Crippen LogP contribution in [0, 0.1) is 5.82 Å². The van der Waals surface area contributed by atoms with E-state index in [9.17, 15) is 18.8 Å². The van der Waals surface area contributed by atoms with E-state index in [0.717, 1.165) is 14.9 Å². The van der Waals surface area contributed by atoms with E-state index in [1.807, 2.05) is 24.3 Å². The molecule has 172 valence electrons. The standard InChI is InChI=1S/C25H19BrFN3O4/c26-18-7-5-16(6-8-18)14-30-24(32)21(29-25(30)33)13-17-3-1-2-4-22(17)34-15-23(31)28-20-11-9-19(27)10-12-20/h1-13H,14-15H2,(H,28,31)(H,29,33)/b21-13-. The molecule has 3 aromatic rings. The summed E-state index contributed by atoms with van der Waals surface area (Å²) in [6.45, 7) is -0.162. The Bertz CT molecular complexity index is 1260. The Balaban J connectivity index is 1.43. The molecule has 1 aliphatic rings. The zero-order chi connectivity index (χ0) is 24.1. The molecule has 0 saturated carbocycles. The molecule has 1 heterocycles. The monoisotopic (exact) mass is 523 g/mol. The van der Waals surface area contributed by atoms with Crippen LogP contribution in [0.5, 0.6) is 5.75 Å². The van der Waals surface area contributed by atoms with E-state index < -0.39 is 23.7 Å². The number of amides is 4. The molecule has 0 aliphatic carbocycles. The third kappa shape index (κ3) is 5.68. The Labute approximate surface area is 203 Å². The number of halogens is 2. The summed E-state index contributed by atoms with van der Waals surface area (Å²) < 4.78 is 19.5. The van der Waals surface area contributed by atoms with Crippen LogP contribution in [-0.2, 0) is 16.1 Å². The van der Waals surface area contributed by atoms with Crippen molar-refractivity contribution in [1.29, 1.82) is 0 Å². The molecule has 0 aromatic heterocycles. The van der Waals surface area contributed by atoms with Gasteiger partial charge in [0.15, 0.2) is 6.61 Å². The van der Waals surface area contributed by atoms with E-state index in [2.05, 4.69) is 26.6 Å². The number of anilines is 1. The van der Waals surface area contributed by atoms with Crippen molar-refractivity contribution < 1.29 is 23.5 Å². The smallest absolute Gasteiger partial charge is 0.329 e. The van der Waals surface area contributed by atoms with E-state index in [1.54, 1.807) is 24.3 Å². The lowest BCUT2D eigenvalue weighted by atomic mass is 10.1. The predicted molar refractivity (Wildman–Crippen MR) is 128 cm³/mol. The first-order chi connectivity index (χ1) is 16.4. The minimum atomic E-state index is -0.517. The molecule has 0 atom stereocenters. The Morgan fingerprint density at radius 3 is 2.47 bits per heavy atom. The highest BCUT2D eigenvalue weighted by atomic mass is 79.9. The number of hydrogen-bond acceptors (Lipinski definition) is 4. The highest BCUT2D eigenvalue weighted by Gasteiger charge is 2.33. The number of urea groups is 1. The van der Waals surface area contributed by atoms with Crippen LogP contribution in [0.15, 0.2) is 83.0 Å². The first kappa shape index (κ1) is 23.2. The molecule has 2 N–H and O–H groups in total. The van der Waals surface area contributed by atoms with Gasteiger partial charge in [-0.05, 0) is 54.1 Å². The van der Waals surface area contributed by atoms with Gasteiger partial charge in [-0.15, -0.1) is 0 Å². The first-order valence-electron chi connectivity index (χ1n) is 10.3. The van der Waals surface area contributed by atoms with Gasteiger partial charge in [0.25, 0.3) is 11.8 Å². The van der Waals surface area contributed by atoms with Crippen LogP contribution in [-0.4, -0.2) is 29.4 Å². The highest BCUT2D eigenvalue weighted by Crippen LogP contribution is 2.24. The minimum absolute atomic E-state index is 0.105. The first-order valence-corrected chi connectivity index (χ1v) is 11.0. The number of rotatable bonds is 7. The number of para-hydroxylation sites is 1. The fourth-order valence-electron chi connectivity index (χ4n) is 3.25. The van der Waals surface area contributed by atoms with Gasteiger partial charge in [-0.2, -0.15) is 0 Å². The van der Waals surface area contributed by atoms with Crippen molar-refractivity contribution in [3.8, 4) is 5.75 Å². The van der Waals surface area contributed by atoms with Gasteiger partial charge < -0.3 is 15.4 Å². The number of nitrogens with zero attached hydrogens (tertiary/aromatic N) is 1. The summed E-state index contributed by atoms with van der Waals surface area (Å²) in [5, 5.41) is 5.20. The van der Waals surface area contributed by atoms with Crippen molar-refractivity contribution in [2.75, 3.05) is 11.9 Å². The van der Waals surface area contributed by atoms with Gasteiger partial charge in [0, 0.05) is 15.7 Å². The molecular formula is C25H19BrFN3O4. The van der Waals surface area contributed by atoms with E-state index in [4.69, 9.17) is 4.74 Å². The zero-order valence-electron chi connectivity index (χ0n) is 17.8. The SMILES string of the molecule is O=C(COc1ccccc1/C=C1\NC(=O)N(Cc2ccc(Br)cc2)C1=O)Nc1ccc(F)cc1. The molecule has 1 saturated heterocycles. The maximum atomic E-state index is 13.0. The van der Waals surface area contributed by atoms with Gasteiger partial charge in [0.1, 0.15) is 17.3 Å². The largest absolute Gasteiger partial charge is 0.483 e. The summed E-state index contributed by atoms with van der Waals surface area (Å²) in [6.07, 6.45) is 1.51. The Morgan fingerprint density at radius 1 is 1.03 bits per heavy atom. The van der Waals surface area contributed by atoms with Gasteiger partial charge in [-0.1, -0.05) is 46.3 Å². The average molecular weight is 524 g/mol. The summed E-state index contributed by atoms with van der Waals surface area (Å²) in [6, 6.07) is 19.0. The van der Waals surface area contributed by atoms with Gasteiger partial charge in [0.05, 0.1) is 6.54 Å². The number of carbonyl (C=O) groups excluding carboxylic acids is 3. The van der Waals surface area contributed by atoms with Crippen molar-refractivity contribution in [1.82, 2.24) is 10.2 Å². The lowest BCUT2D eigenvalue weighted by Crippen LogP contribution is -2.30. The number of imide groups is 1. The van der Waals surface area contributed by atoms with E-state index in [1.165, 1.54) is 30.3 Å². The lowest BCUT2D eigenvalue weighted by molar-refractivity contribution is -0.123. The number of ether oxygens (including phenoxy) is 1. The average Bonchev–Trinajstić information content (AvgIpc) is 3.08. The fourth-order valence-corrected chi connectivity index (χ4v) is 3.51. The molecule has 0 unspecified atom stereocenters. The van der Waals surface area contributed by atoms with Gasteiger partial charge in [-0.3, -0.25) is 14.5 Å². The van der Waals surface area contributed by atoms with Crippen LogP contribution >= 0.6 is 15.9 Å². The van der Waals surface area contributed by atoms with Crippen molar-refractivity contribution in [3.05, 3.63) is 99.9 Å². The van der Waals surface area contributed by atoms with Crippen molar-refractivity contribution in [2.24, 2.45) is 0 Å². The highest BCUT2D eigenvalue weighted by molar-refractivity contribution is 9.10. The third-order valence-corrected chi connectivity index (χ3v) is 5.45. The Hall–Kier alpha value is -3.98.